The fraction of sp³-hybridized carbons (Fsp3) is 0. The summed E-state index contributed by atoms with van der Waals surface area (Å²) in [5, 5.41) is 17.5. The lowest BCUT2D eigenvalue weighted by Crippen LogP contribution is -1.93. The van der Waals surface area contributed by atoms with E-state index in [9.17, 15) is 10.1 Å². The Labute approximate surface area is 171 Å². The molecule has 30 heavy (non-hydrogen) atoms. The number of nitro groups is 1. The van der Waals surface area contributed by atoms with Crippen LogP contribution in [-0.4, -0.2) is 9.49 Å². The van der Waals surface area contributed by atoms with Crippen molar-refractivity contribution in [3.63, 3.8) is 0 Å². The molecule has 0 fully saturated rings. The third-order valence-corrected chi connectivity index (χ3v) is 5.86. The van der Waals surface area contributed by atoms with Crippen LogP contribution in [0.15, 0.2) is 97.1 Å². The van der Waals surface area contributed by atoms with Gasteiger partial charge in [0.1, 0.15) is 0 Å². The van der Waals surface area contributed by atoms with Crippen LogP contribution in [0.25, 0.3) is 49.0 Å². The van der Waals surface area contributed by atoms with Gasteiger partial charge in [0.2, 0.25) is 0 Å². The monoisotopic (exact) mass is 388 g/mol. The van der Waals surface area contributed by atoms with Crippen molar-refractivity contribution >= 4 is 49.0 Å². The van der Waals surface area contributed by atoms with E-state index < -0.39 is 0 Å². The Morgan fingerprint density at radius 3 is 2.17 bits per heavy atom. The van der Waals surface area contributed by atoms with Gasteiger partial charge in [-0.05, 0) is 40.4 Å². The maximum atomic E-state index is 11.7. The van der Waals surface area contributed by atoms with Crippen molar-refractivity contribution in [2.75, 3.05) is 0 Å². The van der Waals surface area contributed by atoms with Crippen LogP contribution in [0.1, 0.15) is 0 Å². The predicted octanol–water partition coefficient (Wildman–Crippen LogP) is 7.00. The number of nitro benzene ring substituents is 1. The van der Waals surface area contributed by atoms with Gasteiger partial charge in [-0.2, -0.15) is 0 Å². The van der Waals surface area contributed by atoms with Crippen LogP contribution in [0.4, 0.5) is 5.69 Å². The molecular weight excluding hydrogens is 372 g/mol. The number of aromatic nitrogens is 1. The molecule has 142 valence electrons. The minimum Gasteiger partial charge on any atom is -0.309 e. The van der Waals surface area contributed by atoms with Gasteiger partial charge in [-0.1, -0.05) is 66.7 Å². The molecule has 0 saturated heterocycles. The molecule has 0 aliphatic carbocycles. The molecule has 0 amide bonds. The predicted molar refractivity (Wildman–Crippen MR) is 122 cm³/mol. The molecule has 6 rings (SSSR count). The highest BCUT2D eigenvalue weighted by atomic mass is 16.6. The highest BCUT2D eigenvalue weighted by Crippen LogP contribution is 2.40. The largest absolute Gasteiger partial charge is 0.309 e. The molecule has 0 aliphatic rings. The van der Waals surface area contributed by atoms with E-state index in [0.717, 1.165) is 43.7 Å². The van der Waals surface area contributed by atoms with Crippen molar-refractivity contribution in [3.05, 3.63) is 107 Å². The van der Waals surface area contributed by atoms with Gasteiger partial charge in [-0.15, -0.1) is 0 Å². The second kappa shape index (κ2) is 6.16. The summed E-state index contributed by atoms with van der Waals surface area (Å²) < 4.78 is 2.26. The Balaban J connectivity index is 1.86. The molecule has 6 aromatic rings. The summed E-state index contributed by atoms with van der Waals surface area (Å²) in [7, 11) is 0. The maximum absolute atomic E-state index is 11.7. The van der Waals surface area contributed by atoms with Gasteiger partial charge in [-0.3, -0.25) is 10.1 Å². The van der Waals surface area contributed by atoms with E-state index in [1.807, 2.05) is 48.5 Å². The fourth-order valence-electron chi connectivity index (χ4n) is 4.65. The normalized spacial score (nSPS) is 11.6. The van der Waals surface area contributed by atoms with Crippen LogP contribution in [0.3, 0.4) is 0 Å². The Hall–Kier alpha value is -4.18. The van der Waals surface area contributed by atoms with E-state index in [2.05, 4.69) is 41.0 Å². The van der Waals surface area contributed by atoms with Crippen LogP contribution >= 0.6 is 0 Å². The lowest BCUT2D eigenvalue weighted by Gasteiger charge is -2.09. The molecule has 0 saturated carbocycles. The van der Waals surface area contributed by atoms with E-state index in [4.69, 9.17) is 0 Å². The number of hydrogen-bond acceptors (Lipinski definition) is 2. The average molecular weight is 388 g/mol. The lowest BCUT2D eigenvalue weighted by molar-refractivity contribution is -0.383. The molecule has 0 atom stereocenters. The van der Waals surface area contributed by atoms with Gasteiger partial charge < -0.3 is 4.57 Å². The number of benzene rings is 5. The quantitative estimate of drug-likeness (QED) is 0.182. The van der Waals surface area contributed by atoms with Crippen molar-refractivity contribution in [1.82, 2.24) is 4.57 Å². The molecule has 1 heterocycles. The maximum Gasteiger partial charge on any atom is 0.277 e. The first-order chi connectivity index (χ1) is 14.7. The van der Waals surface area contributed by atoms with Crippen molar-refractivity contribution in [3.8, 4) is 5.69 Å². The minimum atomic E-state index is -0.292. The Kier molecular flexibility index (Phi) is 3.44. The van der Waals surface area contributed by atoms with Crippen molar-refractivity contribution in [1.29, 1.82) is 0 Å². The Bertz CT molecular complexity index is 1610. The number of hydrogen-bond donors (Lipinski definition) is 0. The van der Waals surface area contributed by atoms with E-state index in [-0.39, 0.29) is 10.6 Å². The zero-order valence-corrected chi connectivity index (χ0v) is 15.9. The second-order valence-corrected chi connectivity index (χ2v) is 7.44. The number of para-hydroxylation sites is 2. The van der Waals surface area contributed by atoms with Crippen LogP contribution in [0, 0.1) is 10.1 Å². The fourth-order valence-corrected chi connectivity index (χ4v) is 4.65. The third-order valence-electron chi connectivity index (χ3n) is 5.86. The van der Waals surface area contributed by atoms with Gasteiger partial charge in [0, 0.05) is 22.5 Å². The van der Waals surface area contributed by atoms with Gasteiger partial charge >= 0.3 is 0 Å². The summed E-state index contributed by atoms with van der Waals surface area (Å²) in [5.41, 5.74) is 3.45. The second-order valence-electron chi connectivity index (χ2n) is 7.44. The third kappa shape index (κ3) is 2.22. The summed E-state index contributed by atoms with van der Waals surface area (Å²) in [6.07, 6.45) is 0. The van der Waals surface area contributed by atoms with E-state index >= 15 is 0 Å². The number of non-ortho nitro benzene ring substituents is 1. The molecule has 0 radical (unpaired) electrons. The smallest absolute Gasteiger partial charge is 0.277 e. The first kappa shape index (κ1) is 16.7. The van der Waals surface area contributed by atoms with Gasteiger partial charge in [-0.25, -0.2) is 0 Å². The molecule has 5 aromatic carbocycles. The highest BCUT2D eigenvalue weighted by Gasteiger charge is 2.18. The molecule has 0 unspecified atom stereocenters. The average Bonchev–Trinajstić information content (AvgIpc) is 3.13. The van der Waals surface area contributed by atoms with Crippen molar-refractivity contribution < 1.29 is 4.92 Å². The Morgan fingerprint density at radius 2 is 1.33 bits per heavy atom. The summed E-state index contributed by atoms with van der Waals surface area (Å²) in [4.78, 5) is 11.4. The van der Waals surface area contributed by atoms with Crippen LogP contribution in [-0.2, 0) is 0 Å². The highest BCUT2D eigenvalue weighted by molar-refractivity contribution is 6.26. The molecule has 4 heteroatoms. The molecule has 1 aromatic heterocycles. The van der Waals surface area contributed by atoms with Gasteiger partial charge in [0.15, 0.2) is 0 Å². The zero-order valence-electron chi connectivity index (χ0n) is 15.9. The van der Waals surface area contributed by atoms with Crippen LogP contribution in [0.5, 0.6) is 0 Å². The summed E-state index contributed by atoms with van der Waals surface area (Å²) in [5.74, 6) is 0. The summed E-state index contributed by atoms with van der Waals surface area (Å²) in [6.45, 7) is 0. The standard InChI is InChI=1S/C26H16N2O2/c29-28(30)24-12-6-7-17-13-14-20-19(25(17)24)15-16-23-26(20)21-10-4-5-11-22(21)27(23)18-8-2-1-3-9-18/h1-16H. The van der Waals surface area contributed by atoms with Gasteiger partial charge in [0.25, 0.3) is 5.69 Å². The molecule has 0 bridgehead atoms. The minimum absolute atomic E-state index is 0.143. The molecule has 4 nitrogen and oxygen atoms in total. The van der Waals surface area contributed by atoms with Crippen LogP contribution < -0.4 is 0 Å². The number of nitrogens with zero attached hydrogens (tertiary/aromatic N) is 2. The lowest BCUT2D eigenvalue weighted by atomic mass is 9.97. The number of rotatable bonds is 2. The molecule has 0 aliphatic heterocycles. The van der Waals surface area contributed by atoms with Crippen molar-refractivity contribution in [2.45, 2.75) is 0 Å². The van der Waals surface area contributed by atoms with Crippen molar-refractivity contribution in [2.24, 2.45) is 0 Å². The Morgan fingerprint density at radius 1 is 0.600 bits per heavy atom. The van der Waals surface area contributed by atoms with E-state index in [0.29, 0.717) is 5.39 Å². The van der Waals surface area contributed by atoms with Gasteiger partial charge in [0.05, 0.1) is 21.3 Å². The summed E-state index contributed by atoms with van der Waals surface area (Å²) >= 11 is 0. The molecule has 0 spiro atoms. The molecule has 0 N–H and O–H groups in total. The van der Waals surface area contributed by atoms with Crippen LogP contribution in [0.2, 0.25) is 0 Å². The first-order valence-electron chi connectivity index (χ1n) is 9.81. The molecular formula is C26H16N2O2. The SMILES string of the molecule is O=[N+]([O-])c1cccc2ccc3c(ccc4c3c3ccccc3n4-c3ccccc3)c12. The topological polar surface area (TPSA) is 48.1 Å². The van der Waals surface area contributed by atoms with E-state index in [1.165, 1.54) is 0 Å². The first-order valence-corrected chi connectivity index (χ1v) is 9.81. The van der Waals surface area contributed by atoms with E-state index in [1.54, 1.807) is 12.1 Å². The number of fused-ring (bicyclic) bond motifs is 7. The zero-order chi connectivity index (χ0) is 20.2. The summed E-state index contributed by atoms with van der Waals surface area (Å²) in [6, 6.07) is 32.0.